The van der Waals surface area contributed by atoms with E-state index in [0.717, 1.165) is 5.56 Å². The minimum Gasteiger partial charge on any atom is -0.313 e. The summed E-state index contributed by atoms with van der Waals surface area (Å²) in [6.45, 7) is 0. The maximum Gasteiger partial charge on any atom is 0.147 e. The minimum absolute atomic E-state index is 0.00699. The number of hydrogen-bond acceptors (Lipinski definition) is 3. The van der Waals surface area contributed by atoms with Crippen LogP contribution in [-0.4, -0.2) is 27.5 Å². The molecule has 3 nitrogen and oxygen atoms in total. The first-order valence-corrected chi connectivity index (χ1v) is 7.59. The molecule has 0 bridgehead atoms. The summed E-state index contributed by atoms with van der Waals surface area (Å²) in [5.41, 5.74) is 0.848. The topological polar surface area (TPSA) is 46.2 Å². The maximum absolute atomic E-state index is 13.1. The number of hydrogen-bond donors (Lipinski definition) is 1. The third-order valence-electron chi connectivity index (χ3n) is 2.61. The average Bonchev–Trinajstić information content (AvgIpc) is 2.23. The lowest BCUT2D eigenvalue weighted by molar-refractivity contribution is 0.531. The van der Waals surface area contributed by atoms with E-state index in [4.69, 9.17) is 0 Å². The van der Waals surface area contributed by atoms with E-state index in [9.17, 15) is 12.8 Å². The zero-order valence-electron chi connectivity index (χ0n) is 10.1. The van der Waals surface area contributed by atoms with Crippen molar-refractivity contribution in [3.63, 3.8) is 0 Å². The first kappa shape index (κ1) is 14.1. The lowest BCUT2D eigenvalue weighted by Gasteiger charge is -2.16. The van der Waals surface area contributed by atoms with Crippen molar-refractivity contribution in [1.82, 2.24) is 5.32 Å². The molecule has 17 heavy (non-hydrogen) atoms. The Balaban J connectivity index is 2.60. The summed E-state index contributed by atoms with van der Waals surface area (Å²) in [6, 6.07) is 6.36. The molecule has 0 heterocycles. The third kappa shape index (κ3) is 5.28. The largest absolute Gasteiger partial charge is 0.313 e. The van der Waals surface area contributed by atoms with Gasteiger partial charge in [0, 0.05) is 18.1 Å². The Hall–Kier alpha value is -0.940. The Morgan fingerprint density at radius 3 is 2.65 bits per heavy atom. The molecule has 1 N–H and O–H groups in total. The van der Waals surface area contributed by atoms with Gasteiger partial charge in [0.1, 0.15) is 15.7 Å². The molecule has 5 heteroatoms. The third-order valence-corrected chi connectivity index (χ3v) is 3.64. The van der Waals surface area contributed by atoms with E-state index >= 15 is 0 Å². The van der Waals surface area contributed by atoms with Gasteiger partial charge in [0.05, 0.1) is 0 Å². The number of nitrogens with one attached hydrogen (secondary N) is 1. The molecule has 96 valence electrons. The second-order valence-corrected chi connectivity index (χ2v) is 6.43. The number of rotatable bonds is 6. The maximum atomic E-state index is 13.1. The van der Waals surface area contributed by atoms with Gasteiger partial charge in [-0.15, -0.1) is 0 Å². The van der Waals surface area contributed by atoms with E-state index in [1.807, 2.05) is 6.07 Å². The van der Waals surface area contributed by atoms with Crippen molar-refractivity contribution < 1.29 is 12.8 Å². The molecule has 0 aromatic heterocycles. The van der Waals surface area contributed by atoms with E-state index < -0.39 is 9.84 Å². The standard InChI is InChI=1S/C12H18FNO2S/c1-14-12(7-4-8-17(2,15)16)10-5-3-6-11(13)9-10/h3,5-6,9,12,14H,4,7-8H2,1-2H3. The van der Waals surface area contributed by atoms with Crippen LogP contribution in [0.5, 0.6) is 0 Å². The second kappa shape index (κ2) is 6.12. The fourth-order valence-corrected chi connectivity index (χ4v) is 2.44. The van der Waals surface area contributed by atoms with Crippen LogP contribution in [0.4, 0.5) is 4.39 Å². The molecule has 1 rings (SSSR count). The average molecular weight is 259 g/mol. The molecule has 0 aliphatic carbocycles. The van der Waals surface area contributed by atoms with E-state index in [2.05, 4.69) is 5.32 Å². The van der Waals surface area contributed by atoms with Crippen molar-refractivity contribution in [1.29, 1.82) is 0 Å². The van der Waals surface area contributed by atoms with Gasteiger partial charge in [0.15, 0.2) is 0 Å². The highest BCUT2D eigenvalue weighted by Crippen LogP contribution is 2.19. The van der Waals surface area contributed by atoms with E-state index in [1.54, 1.807) is 13.1 Å². The van der Waals surface area contributed by atoms with Gasteiger partial charge in [-0.1, -0.05) is 12.1 Å². The van der Waals surface area contributed by atoms with Crippen LogP contribution in [0.25, 0.3) is 0 Å². The molecule has 1 atom stereocenters. The predicted molar refractivity (Wildman–Crippen MR) is 67.1 cm³/mol. The Morgan fingerprint density at radius 1 is 1.41 bits per heavy atom. The summed E-state index contributed by atoms with van der Waals surface area (Å²) in [4.78, 5) is 0. The Bertz CT molecular complexity index is 459. The van der Waals surface area contributed by atoms with Gasteiger partial charge < -0.3 is 5.32 Å². The molecule has 0 amide bonds. The van der Waals surface area contributed by atoms with Crippen LogP contribution >= 0.6 is 0 Å². The monoisotopic (exact) mass is 259 g/mol. The molecule has 0 fully saturated rings. The van der Waals surface area contributed by atoms with Crippen molar-refractivity contribution in [2.75, 3.05) is 19.1 Å². The van der Waals surface area contributed by atoms with Gasteiger partial charge in [-0.25, -0.2) is 12.8 Å². The molecule has 0 saturated carbocycles. The number of benzene rings is 1. The fraction of sp³-hybridized carbons (Fsp3) is 0.500. The van der Waals surface area contributed by atoms with E-state index in [1.165, 1.54) is 18.4 Å². The molecule has 1 aromatic rings. The SMILES string of the molecule is CNC(CCCS(C)(=O)=O)c1cccc(F)c1. The van der Waals surface area contributed by atoms with Gasteiger partial charge in [0.2, 0.25) is 0 Å². The van der Waals surface area contributed by atoms with Gasteiger partial charge in [-0.3, -0.25) is 0 Å². The lowest BCUT2D eigenvalue weighted by atomic mass is 10.0. The minimum atomic E-state index is -2.92. The number of sulfone groups is 1. The van der Waals surface area contributed by atoms with Crippen molar-refractivity contribution in [2.45, 2.75) is 18.9 Å². The molecule has 0 spiro atoms. The molecular weight excluding hydrogens is 241 g/mol. The Labute approximate surface area is 102 Å². The van der Waals surface area contributed by atoms with E-state index in [0.29, 0.717) is 12.8 Å². The molecule has 0 aliphatic heterocycles. The molecule has 0 radical (unpaired) electrons. The van der Waals surface area contributed by atoms with E-state index in [-0.39, 0.29) is 17.6 Å². The van der Waals surface area contributed by atoms with Crippen LogP contribution in [0.1, 0.15) is 24.4 Å². The first-order valence-electron chi connectivity index (χ1n) is 5.53. The summed E-state index contributed by atoms with van der Waals surface area (Å²) < 4.78 is 35.1. The smallest absolute Gasteiger partial charge is 0.147 e. The predicted octanol–water partition coefficient (Wildman–Crippen LogP) is 1.91. The highest BCUT2D eigenvalue weighted by molar-refractivity contribution is 7.90. The van der Waals surface area contributed by atoms with Crippen LogP contribution in [0, 0.1) is 5.82 Å². The van der Waals surface area contributed by atoms with Crippen molar-refractivity contribution in [3.05, 3.63) is 35.6 Å². The summed E-state index contributed by atoms with van der Waals surface area (Å²) in [5.74, 6) is -0.105. The summed E-state index contributed by atoms with van der Waals surface area (Å²) in [6.07, 6.45) is 2.47. The number of halogens is 1. The molecular formula is C12H18FNO2S. The summed E-state index contributed by atoms with van der Waals surface area (Å²) >= 11 is 0. The first-order chi connectivity index (χ1) is 7.92. The quantitative estimate of drug-likeness (QED) is 0.849. The lowest BCUT2D eigenvalue weighted by Crippen LogP contribution is -2.17. The molecule has 1 aromatic carbocycles. The summed E-state index contributed by atoms with van der Waals surface area (Å²) in [7, 11) is -1.13. The van der Waals surface area contributed by atoms with Gasteiger partial charge in [0.25, 0.3) is 0 Å². The van der Waals surface area contributed by atoms with Gasteiger partial charge >= 0.3 is 0 Å². The normalized spacial score (nSPS) is 13.6. The van der Waals surface area contributed by atoms with Crippen LogP contribution < -0.4 is 5.32 Å². The zero-order valence-corrected chi connectivity index (χ0v) is 10.9. The second-order valence-electron chi connectivity index (χ2n) is 4.17. The van der Waals surface area contributed by atoms with Crippen molar-refractivity contribution in [2.24, 2.45) is 0 Å². The Morgan fingerprint density at radius 2 is 2.12 bits per heavy atom. The van der Waals surface area contributed by atoms with Crippen LogP contribution in [-0.2, 0) is 9.84 Å². The molecule has 0 aliphatic rings. The fourth-order valence-electron chi connectivity index (χ4n) is 1.75. The van der Waals surface area contributed by atoms with Gasteiger partial charge in [-0.2, -0.15) is 0 Å². The van der Waals surface area contributed by atoms with Crippen molar-refractivity contribution >= 4 is 9.84 Å². The molecule has 0 saturated heterocycles. The summed E-state index contributed by atoms with van der Waals surface area (Å²) in [5, 5.41) is 3.07. The van der Waals surface area contributed by atoms with Crippen LogP contribution in [0.15, 0.2) is 24.3 Å². The Kier molecular flexibility index (Phi) is 5.08. The molecule has 1 unspecified atom stereocenters. The highest BCUT2D eigenvalue weighted by atomic mass is 32.2. The highest BCUT2D eigenvalue weighted by Gasteiger charge is 2.11. The van der Waals surface area contributed by atoms with Crippen molar-refractivity contribution in [3.8, 4) is 0 Å². The van der Waals surface area contributed by atoms with Crippen LogP contribution in [0.3, 0.4) is 0 Å². The van der Waals surface area contributed by atoms with Gasteiger partial charge in [-0.05, 0) is 37.6 Å². The zero-order chi connectivity index (χ0) is 12.9. The van der Waals surface area contributed by atoms with Crippen LogP contribution in [0.2, 0.25) is 0 Å².